The Kier molecular flexibility index (Phi) is 5.33. The molecular weight excluding hydrogens is 366 g/mol. The maximum absolute atomic E-state index is 12.6. The Labute approximate surface area is 162 Å². The van der Waals surface area contributed by atoms with E-state index in [0.29, 0.717) is 27.7 Å². The van der Waals surface area contributed by atoms with E-state index in [1.54, 1.807) is 41.3 Å². The van der Waals surface area contributed by atoms with Crippen molar-refractivity contribution < 1.29 is 14.3 Å². The minimum Gasteiger partial charge on any atom is -0.495 e. The second kappa shape index (κ2) is 7.68. The number of aryl methyl sites for hydroxylation is 1. The number of nitrogens with zero attached hydrogens (tertiary/aromatic N) is 2. The number of hydrogen-bond donors (Lipinski definition) is 1. The molecule has 1 heterocycles. The van der Waals surface area contributed by atoms with Crippen molar-refractivity contribution in [3.8, 4) is 11.8 Å². The van der Waals surface area contributed by atoms with Gasteiger partial charge in [-0.2, -0.15) is 5.26 Å². The van der Waals surface area contributed by atoms with E-state index in [9.17, 15) is 9.59 Å². The minimum atomic E-state index is -0.523. The van der Waals surface area contributed by atoms with Crippen molar-refractivity contribution in [1.82, 2.24) is 0 Å². The van der Waals surface area contributed by atoms with Crippen LogP contribution in [0.1, 0.15) is 17.5 Å². The number of methoxy groups -OCH3 is 1. The number of carbonyl (C=O) groups excluding carboxylic acids is 2. The zero-order valence-electron chi connectivity index (χ0n) is 15.0. The summed E-state index contributed by atoms with van der Waals surface area (Å²) in [6.45, 7) is 2.08. The molecule has 27 heavy (non-hydrogen) atoms. The van der Waals surface area contributed by atoms with Gasteiger partial charge in [0, 0.05) is 24.1 Å². The fourth-order valence-electron chi connectivity index (χ4n) is 3.06. The number of para-hydroxylation sites is 1. The molecule has 0 aromatic heterocycles. The van der Waals surface area contributed by atoms with Crippen LogP contribution in [0.25, 0.3) is 0 Å². The first-order valence-corrected chi connectivity index (χ1v) is 8.77. The number of carbonyl (C=O) groups is 2. The van der Waals surface area contributed by atoms with Crippen LogP contribution in [0.3, 0.4) is 0 Å². The van der Waals surface area contributed by atoms with Crippen LogP contribution >= 0.6 is 11.6 Å². The van der Waals surface area contributed by atoms with E-state index in [4.69, 9.17) is 21.6 Å². The molecule has 0 saturated carbocycles. The fraction of sp³-hybridized carbons (Fsp3) is 0.250. The third kappa shape index (κ3) is 3.74. The van der Waals surface area contributed by atoms with E-state index in [1.165, 1.54) is 7.11 Å². The zero-order chi connectivity index (χ0) is 19.6. The molecule has 2 aromatic rings. The average Bonchev–Trinajstić information content (AvgIpc) is 3.05. The summed E-state index contributed by atoms with van der Waals surface area (Å²) in [4.78, 5) is 26.7. The number of ether oxygens (including phenoxy) is 1. The quantitative estimate of drug-likeness (QED) is 0.875. The van der Waals surface area contributed by atoms with Gasteiger partial charge in [-0.3, -0.25) is 9.59 Å². The van der Waals surface area contributed by atoms with Crippen molar-refractivity contribution in [2.24, 2.45) is 5.92 Å². The van der Waals surface area contributed by atoms with Crippen LogP contribution in [0, 0.1) is 24.2 Å². The van der Waals surface area contributed by atoms with Gasteiger partial charge in [0.05, 0.1) is 30.0 Å². The maximum atomic E-state index is 12.6. The molecule has 1 unspecified atom stereocenters. The fourth-order valence-corrected chi connectivity index (χ4v) is 3.22. The Morgan fingerprint density at radius 3 is 2.81 bits per heavy atom. The first kappa shape index (κ1) is 18.7. The number of hydrogen-bond acceptors (Lipinski definition) is 4. The van der Waals surface area contributed by atoms with Gasteiger partial charge in [-0.1, -0.05) is 23.7 Å². The number of halogens is 1. The Balaban J connectivity index is 1.81. The first-order valence-electron chi connectivity index (χ1n) is 8.39. The summed E-state index contributed by atoms with van der Waals surface area (Å²) in [6, 6.07) is 12.2. The highest BCUT2D eigenvalue weighted by Gasteiger charge is 2.36. The van der Waals surface area contributed by atoms with E-state index in [0.717, 1.165) is 5.56 Å². The van der Waals surface area contributed by atoms with Crippen LogP contribution < -0.4 is 15.0 Å². The molecule has 138 valence electrons. The Hall–Kier alpha value is -3.04. The van der Waals surface area contributed by atoms with Gasteiger partial charge < -0.3 is 15.0 Å². The lowest BCUT2D eigenvalue weighted by Gasteiger charge is -2.20. The lowest BCUT2D eigenvalue weighted by Crippen LogP contribution is -2.28. The van der Waals surface area contributed by atoms with Gasteiger partial charge in [-0.05, 0) is 30.7 Å². The molecule has 1 atom stereocenters. The minimum absolute atomic E-state index is 0.0887. The highest BCUT2D eigenvalue weighted by molar-refractivity contribution is 6.31. The van der Waals surface area contributed by atoms with E-state index in [2.05, 4.69) is 5.32 Å². The van der Waals surface area contributed by atoms with Gasteiger partial charge in [0.15, 0.2) is 0 Å². The summed E-state index contributed by atoms with van der Waals surface area (Å²) in [5.41, 5.74) is 2.23. The van der Waals surface area contributed by atoms with E-state index < -0.39 is 5.92 Å². The van der Waals surface area contributed by atoms with Crippen molar-refractivity contribution in [2.45, 2.75) is 13.3 Å². The molecule has 2 amide bonds. The van der Waals surface area contributed by atoms with Crippen LogP contribution in [0.4, 0.5) is 11.4 Å². The molecule has 6 nitrogen and oxygen atoms in total. The second-order valence-electron chi connectivity index (χ2n) is 6.33. The smallest absolute Gasteiger partial charge is 0.229 e. The highest BCUT2D eigenvalue weighted by Crippen LogP contribution is 2.37. The predicted octanol–water partition coefficient (Wildman–Crippen LogP) is 3.52. The number of benzene rings is 2. The standard InChI is InChI=1S/C20H18ClN3O3/c1-12-7-17(18(27-2)9-15(12)21)24-11-14(8-19(24)25)20(26)23-16-6-4-3-5-13(16)10-22/h3-7,9,14H,8,11H2,1-2H3,(H,23,26). The molecule has 2 aromatic carbocycles. The molecular formula is C20H18ClN3O3. The monoisotopic (exact) mass is 383 g/mol. The Morgan fingerprint density at radius 1 is 1.37 bits per heavy atom. The van der Waals surface area contributed by atoms with Gasteiger partial charge in [0.2, 0.25) is 11.8 Å². The molecule has 1 fully saturated rings. The summed E-state index contributed by atoms with van der Waals surface area (Å²) in [5.74, 6) is -0.498. The Bertz CT molecular complexity index is 952. The molecule has 1 aliphatic rings. The first-order chi connectivity index (χ1) is 12.9. The summed E-state index contributed by atoms with van der Waals surface area (Å²) in [7, 11) is 1.51. The number of rotatable bonds is 4. The van der Waals surface area contributed by atoms with Crippen molar-refractivity contribution in [3.05, 3.63) is 52.5 Å². The molecule has 0 aliphatic carbocycles. The van der Waals surface area contributed by atoms with Crippen molar-refractivity contribution >= 4 is 34.8 Å². The van der Waals surface area contributed by atoms with Crippen LogP contribution in [-0.4, -0.2) is 25.5 Å². The summed E-state index contributed by atoms with van der Waals surface area (Å²) >= 11 is 6.13. The molecule has 0 bridgehead atoms. The van der Waals surface area contributed by atoms with Gasteiger partial charge in [-0.15, -0.1) is 0 Å². The predicted molar refractivity (Wildman–Crippen MR) is 103 cm³/mol. The molecule has 1 N–H and O–H groups in total. The van der Waals surface area contributed by atoms with Crippen LogP contribution in [0.5, 0.6) is 5.75 Å². The highest BCUT2D eigenvalue weighted by atomic mass is 35.5. The van der Waals surface area contributed by atoms with Crippen LogP contribution in [0.2, 0.25) is 5.02 Å². The number of nitriles is 1. The Morgan fingerprint density at radius 2 is 2.11 bits per heavy atom. The largest absolute Gasteiger partial charge is 0.495 e. The van der Waals surface area contributed by atoms with Crippen LogP contribution in [0.15, 0.2) is 36.4 Å². The SMILES string of the molecule is COc1cc(Cl)c(C)cc1N1CC(C(=O)Nc2ccccc2C#N)CC1=O. The number of amides is 2. The molecule has 3 rings (SSSR count). The van der Waals surface area contributed by atoms with Gasteiger partial charge in [0.1, 0.15) is 11.8 Å². The van der Waals surface area contributed by atoms with E-state index in [-0.39, 0.29) is 24.8 Å². The summed E-state index contributed by atoms with van der Waals surface area (Å²) in [5, 5.41) is 12.4. The zero-order valence-corrected chi connectivity index (χ0v) is 15.7. The lowest BCUT2D eigenvalue weighted by atomic mass is 10.1. The number of nitrogens with one attached hydrogen (secondary N) is 1. The van der Waals surface area contributed by atoms with Crippen molar-refractivity contribution in [1.29, 1.82) is 5.26 Å². The molecule has 1 saturated heterocycles. The molecule has 0 spiro atoms. The normalized spacial score (nSPS) is 16.1. The van der Waals surface area contributed by atoms with E-state index >= 15 is 0 Å². The third-order valence-corrected chi connectivity index (χ3v) is 4.96. The van der Waals surface area contributed by atoms with Crippen LogP contribution in [-0.2, 0) is 9.59 Å². The second-order valence-corrected chi connectivity index (χ2v) is 6.73. The number of anilines is 2. The van der Waals surface area contributed by atoms with Gasteiger partial charge in [0.25, 0.3) is 0 Å². The lowest BCUT2D eigenvalue weighted by molar-refractivity contribution is -0.122. The molecule has 0 radical (unpaired) electrons. The summed E-state index contributed by atoms with van der Waals surface area (Å²) < 4.78 is 5.35. The summed E-state index contributed by atoms with van der Waals surface area (Å²) in [6.07, 6.45) is 0.0887. The third-order valence-electron chi connectivity index (χ3n) is 4.55. The maximum Gasteiger partial charge on any atom is 0.229 e. The van der Waals surface area contributed by atoms with Gasteiger partial charge in [-0.25, -0.2) is 0 Å². The average molecular weight is 384 g/mol. The van der Waals surface area contributed by atoms with Crippen molar-refractivity contribution in [2.75, 3.05) is 23.9 Å². The molecule has 1 aliphatic heterocycles. The van der Waals surface area contributed by atoms with Crippen molar-refractivity contribution in [3.63, 3.8) is 0 Å². The topological polar surface area (TPSA) is 82.4 Å². The van der Waals surface area contributed by atoms with Gasteiger partial charge >= 0.3 is 0 Å². The van der Waals surface area contributed by atoms with E-state index in [1.807, 2.05) is 13.0 Å². The molecule has 7 heteroatoms.